The molecular formula is C16H21N3O. The summed E-state index contributed by atoms with van der Waals surface area (Å²) in [4.78, 5) is 14.6. The summed E-state index contributed by atoms with van der Waals surface area (Å²) in [6, 6.07) is 9.89. The molecule has 20 heavy (non-hydrogen) atoms. The molecule has 0 aliphatic heterocycles. The monoisotopic (exact) mass is 271 g/mol. The number of nitrogens with two attached hydrogens (primary N) is 1. The van der Waals surface area contributed by atoms with Gasteiger partial charge >= 0.3 is 0 Å². The summed E-state index contributed by atoms with van der Waals surface area (Å²) >= 11 is 0. The first kappa shape index (κ1) is 14.2. The Morgan fingerprint density at radius 3 is 2.75 bits per heavy atom. The molecular weight excluding hydrogens is 250 g/mol. The smallest absolute Gasteiger partial charge is 0.250 e. The van der Waals surface area contributed by atoms with Crippen LogP contribution in [0.5, 0.6) is 0 Å². The van der Waals surface area contributed by atoms with Gasteiger partial charge in [-0.1, -0.05) is 31.5 Å². The summed E-state index contributed by atoms with van der Waals surface area (Å²) in [5.41, 5.74) is 9.75. The lowest BCUT2D eigenvalue weighted by Gasteiger charge is -2.10. The van der Waals surface area contributed by atoms with Crippen LogP contribution >= 0.6 is 0 Å². The zero-order valence-corrected chi connectivity index (χ0v) is 12.0. The predicted molar refractivity (Wildman–Crippen MR) is 82.9 cm³/mol. The Balaban J connectivity index is 2.32. The molecule has 0 atom stereocenters. The molecule has 0 aliphatic rings. The molecule has 1 heterocycles. The van der Waals surface area contributed by atoms with Gasteiger partial charge in [-0.3, -0.25) is 4.79 Å². The topological polar surface area (TPSA) is 70.9 Å². The Kier molecular flexibility index (Phi) is 4.45. The van der Waals surface area contributed by atoms with Crippen molar-refractivity contribution in [1.82, 2.24) is 4.98 Å². The van der Waals surface area contributed by atoms with Crippen molar-refractivity contribution in [2.24, 2.45) is 5.73 Å². The van der Waals surface area contributed by atoms with Crippen molar-refractivity contribution in [2.45, 2.75) is 26.7 Å². The van der Waals surface area contributed by atoms with E-state index in [9.17, 15) is 4.79 Å². The maximum absolute atomic E-state index is 11.3. The van der Waals surface area contributed by atoms with Gasteiger partial charge in [-0.2, -0.15) is 0 Å². The van der Waals surface area contributed by atoms with Crippen molar-refractivity contribution >= 4 is 11.6 Å². The number of aryl methyl sites for hydroxylation is 1. The fourth-order valence-corrected chi connectivity index (χ4v) is 2.23. The van der Waals surface area contributed by atoms with Crippen molar-refractivity contribution < 1.29 is 4.79 Å². The molecule has 2 aromatic rings. The van der Waals surface area contributed by atoms with Crippen molar-refractivity contribution in [3.05, 3.63) is 41.6 Å². The van der Waals surface area contributed by atoms with Crippen LogP contribution in [0.25, 0.3) is 11.3 Å². The standard InChI is InChI=1S/C16H21N3O/c1-3-4-9-18-14-8-6-5-7-12(14)15-10-13(16(17)20)11(2)19-15/h5-8,10,18-19H,3-4,9H2,1-2H3,(H2,17,20). The quantitative estimate of drug-likeness (QED) is 0.705. The maximum atomic E-state index is 11.3. The number of primary amides is 1. The zero-order chi connectivity index (χ0) is 14.5. The van der Waals surface area contributed by atoms with Crippen LogP contribution in [-0.4, -0.2) is 17.4 Å². The molecule has 4 heteroatoms. The van der Waals surface area contributed by atoms with Crippen LogP contribution in [0.4, 0.5) is 5.69 Å². The van der Waals surface area contributed by atoms with Gasteiger partial charge in [-0.05, 0) is 25.5 Å². The van der Waals surface area contributed by atoms with Crippen molar-refractivity contribution in [1.29, 1.82) is 0 Å². The molecule has 0 radical (unpaired) electrons. The summed E-state index contributed by atoms with van der Waals surface area (Å²) in [5.74, 6) is -0.401. The molecule has 106 valence electrons. The second-order valence-electron chi connectivity index (χ2n) is 4.91. The van der Waals surface area contributed by atoms with Crippen LogP contribution < -0.4 is 11.1 Å². The second kappa shape index (κ2) is 6.28. The zero-order valence-electron chi connectivity index (χ0n) is 12.0. The third-order valence-electron chi connectivity index (χ3n) is 3.34. The molecule has 0 unspecified atom stereocenters. The largest absolute Gasteiger partial charge is 0.385 e. The highest BCUT2D eigenvalue weighted by atomic mass is 16.1. The van der Waals surface area contributed by atoms with E-state index in [1.165, 1.54) is 0 Å². The normalized spacial score (nSPS) is 10.5. The van der Waals surface area contributed by atoms with E-state index < -0.39 is 5.91 Å². The van der Waals surface area contributed by atoms with E-state index in [0.29, 0.717) is 5.56 Å². The van der Waals surface area contributed by atoms with Crippen molar-refractivity contribution in [3.8, 4) is 11.3 Å². The molecule has 4 N–H and O–H groups in total. The van der Waals surface area contributed by atoms with Crippen LogP contribution in [0.1, 0.15) is 35.8 Å². The van der Waals surface area contributed by atoms with E-state index in [1.54, 1.807) is 0 Å². The number of aromatic amines is 1. The summed E-state index contributed by atoms with van der Waals surface area (Å²) in [6.45, 7) is 4.97. The van der Waals surface area contributed by atoms with Crippen LogP contribution in [0.15, 0.2) is 30.3 Å². The van der Waals surface area contributed by atoms with Crippen LogP contribution in [0, 0.1) is 6.92 Å². The molecule has 1 amide bonds. The number of unbranched alkanes of at least 4 members (excludes halogenated alkanes) is 1. The number of benzene rings is 1. The number of hydrogen-bond donors (Lipinski definition) is 3. The van der Waals surface area contributed by atoms with E-state index in [1.807, 2.05) is 37.3 Å². The molecule has 0 spiro atoms. The minimum Gasteiger partial charge on any atom is -0.385 e. The van der Waals surface area contributed by atoms with Gasteiger partial charge in [0, 0.05) is 29.2 Å². The summed E-state index contributed by atoms with van der Waals surface area (Å²) in [6.07, 6.45) is 2.28. The minimum absolute atomic E-state index is 0.401. The third kappa shape index (κ3) is 3.02. The molecule has 4 nitrogen and oxygen atoms in total. The average Bonchev–Trinajstić information content (AvgIpc) is 2.82. The van der Waals surface area contributed by atoms with Gasteiger partial charge in [0.25, 0.3) is 5.91 Å². The molecule has 0 aliphatic carbocycles. The highest BCUT2D eigenvalue weighted by Crippen LogP contribution is 2.28. The van der Waals surface area contributed by atoms with Crippen LogP contribution in [0.3, 0.4) is 0 Å². The lowest BCUT2D eigenvalue weighted by Crippen LogP contribution is -2.10. The number of rotatable bonds is 6. The Morgan fingerprint density at radius 1 is 1.35 bits per heavy atom. The summed E-state index contributed by atoms with van der Waals surface area (Å²) < 4.78 is 0. The second-order valence-corrected chi connectivity index (χ2v) is 4.91. The maximum Gasteiger partial charge on any atom is 0.250 e. The lowest BCUT2D eigenvalue weighted by molar-refractivity contribution is 0.1000. The minimum atomic E-state index is -0.401. The van der Waals surface area contributed by atoms with Gasteiger partial charge in [0.1, 0.15) is 0 Å². The molecule has 0 saturated carbocycles. The number of para-hydroxylation sites is 1. The van der Waals surface area contributed by atoms with Gasteiger partial charge < -0.3 is 16.0 Å². The Morgan fingerprint density at radius 2 is 2.10 bits per heavy atom. The van der Waals surface area contributed by atoms with Crippen LogP contribution in [-0.2, 0) is 0 Å². The number of amides is 1. The van der Waals surface area contributed by atoms with Crippen molar-refractivity contribution in [2.75, 3.05) is 11.9 Å². The van der Waals surface area contributed by atoms with Gasteiger partial charge in [0.2, 0.25) is 0 Å². The fraction of sp³-hybridized carbons (Fsp3) is 0.312. The molecule has 0 saturated heterocycles. The highest BCUT2D eigenvalue weighted by Gasteiger charge is 2.12. The summed E-state index contributed by atoms with van der Waals surface area (Å²) in [5, 5.41) is 3.43. The van der Waals surface area contributed by atoms with E-state index in [2.05, 4.69) is 17.2 Å². The number of hydrogen-bond acceptors (Lipinski definition) is 2. The van der Waals surface area contributed by atoms with E-state index in [-0.39, 0.29) is 0 Å². The Bertz CT molecular complexity index is 602. The number of anilines is 1. The number of aromatic nitrogens is 1. The molecule has 2 rings (SSSR count). The first-order valence-corrected chi connectivity index (χ1v) is 6.96. The predicted octanol–water partition coefficient (Wildman–Crippen LogP) is 3.30. The SMILES string of the molecule is CCCCNc1ccccc1-c1cc(C(N)=O)c(C)[nH]1. The lowest BCUT2D eigenvalue weighted by atomic mass is 10.1. The number of carbonyl (C=O) groups excluding carboxylic acids is 1. The molecule has 0 bridgehead atoms. The van der Waals surface area contributed by atoms with Gasteiger partial charge in [0.05, 0.1) is 5.56 Å². The highest BCUT2D eigenvalue weighted by molar-refractivity contribution is 5.96. The number of nitrogens with one attached hydrogen (secondary N) is 2. The fourth-order valence-electron chi connectivity index (χ4n) is 2.23. The average molecular weight is 271 g/mol. The van der Waals surface area contributed by atoms with Gasteiger partial charge in [-0.25, -0.2) is 0 Å². The Hall–Kier alpha value is -2.23. The van der Waals surface area contributed by atoms with Crippen molar-refractivity contribution in [3.63, 3.8) is 0 Å². The molecule has 1 aromatic carbocycles. The summed E-state index contributed by atoms with van der Waals surface area (Å²) in [7, 11) is 0. The van der Waals surface area contributed by atoms with Gasteiger partial charge in [0.15, 0.2) is 0 Å². The van der Waals surface area contributed by atoms with Crippen LogP contribution in [0.2, 0.25) is 0 Å². The van der Waals surface area contributed by atoms with E-state index in [4.69, 9.17) is 5.73 Å². The first-order valence-electron chi connectivity index (χ1n) is 6.96. The Labute approximate surface area is 119 Å². The number of H-pyrrole nitrogens is 1. The third-order valence-corrected chi connectivity index (χ3v) is 3.34. The molecule has 0 fully saturated rings. The molecule has 1 aromatic heterocycles. The van der Waals surface area contributed by atoms with E-state index in [0.717, 1.165) is 42.0 Å². The van der Waals surface area contributed by atoms with E-state index >= 15 is 0 Å². The first-order chi connectivity index (χ1) is 9.63. The number of carbonyl (C=O) groups is 1. The van der Waals surface area contributed by atoms with Gasteiger partial charge in [-0.15, -0.1) is 0 Å².